The van der Waals surface area contributed by atoms with E-state index in [0.717, 1.165) is 21.8 Å². The Bertz CT molecular complexity index is 1060. The molecule has 5 nitrogen and oxygen atoms in total. The quantitative estimate of drug-likeness (QED) is 0.480. The van der Waals surface area contributed by atoms with E-state index in [9.17, 15) is 9.59 Å². The van der Waals surface area contributed by atoms with Gasteiger partial charge in [0.2, 0.25) is 0 Å². The fourth-order valence-electron chi connectivity index (χ4n) is 2.93. The first-order valence-electron chi connectivity index (χ1n) is 9.00. The molecule has 3 aromatic rings. The van der Waals surface area contributed by atoms with Crippen molar-refractivity contribution in [2.75, 3.05) is 4.90 Å². The highest BCUT2D eigenvalue weighted by atomic mass is 35.5. The molecule has 1 N–H and O–H groups in total. The molecular weight excluding hydrogens is 388 g/mol. The largest absolute Gasteiger partial charge is 0.489 e. The number of nitrogens with zero attached hydrogens (tertiary/aromatic N) is 1. The molecule has 0 aromatic heterocycles. The molecule has 1 saturated heterocycles. The first-order valence-corrected chi connectivity index (χ1v) is 9.37. The van der Waals surface area contributed by atoms with E-state index < -0.39 is 11.9 Å². The van der Waals surface area contributed by atoms with Gasteiger partial charge in [0.15, 0.2) is 0 Å². The van der Waals surface area contributed by atoms with E-state index in [4.69, 9.17) is 16.3 Å². The molecule has 1 aliphatic heterocycles. The summed E-state index contributed by atoms with van der Waals surface area (Å²) in [6.45, 7) is 0.478. The average Bonchev–Trinajstić information content (AvgIpc) is 3.02. The normalized spacial score (nSPS) is 14.9. The summed E-state index contributed by atoms with van der Waals surface area (Å²) < 4.78 is 5.76. The number of amides is 3. The fraction of sp³-hybridized carbons (Fsp3) is 0.0435. The lowest BCUT2D eigenvalue weighted by Crippen LogP contribution is -2.30. The molecule has 1 heterocycles. The molecule has 0 saturated carbocycles. The second-order valence-corrected chi connectivity index (χ2v) is 6.88. The molecule has 1 fully saturated rings. The molecule has 0 bridgehead atoms. The van der Waals surface area contributed by atoms with Crippen molar-refractivity contribution in [3.8, 4) is 5.75 Å². The minimum atomic E-state index is -0.494. The van der Waals surface area contributed by atoms with Crippen molar-refractivity contribution in [1.29, 1.82) is 0 Å². The summed E-state index contributed by atoms with van der Waals surface area (Å²) in [5.41, 5.74) is 2.53. The van der Waals surface area contributed by atoms with Crippen LogP contribution in [0.4, 0.5) is 10.5 Å². The zero-order valence-corrected chi connectivity index (χ0v) is 16.1. The number of urea groups is 1. The first kappa shape index (κ1) is 18.8. The van der Waals surface area contributed by atoms with Gasteiger partial charge in [0, 0.05) is 5.02 Å². The van der Waals surface area contributed by atoms with Crippen molar-refractivity contribution >= 4 is 35.3 Å². The summed E-state index contributed by atoms with van der Waals surface area (Å²) in [5.74, 6) is 0.308. The summed E-state index contributed by atoms with van der Waals surface area (Å²) >= 11 is 5.87. The maximum Gasteiger partial charge on any atom is 0.333 e. The van der Waals surface area contributed by atoms with E-state index in [-0.39, 0.29) is 5.70 Å². The summed E-state index contributed by atoms with van der Waals surface area (Å²) in [7, 11) is 0. The van der Waals surface area contributed by atoms with Crippen LogP contribution in [0.15, 0.2) is 84.6 Å². The third-order valence-corrected chi connectivity index (χ3v) is 4.65. The molecule has 6 heteroatoms. The molecule has 0 unspecified atom stereocenters. The number of anilines is 1. The molecule has 3 aromatic carbocycles. The Kier molecular flexibility index (Phi) is 5.31. The first-order chi connectivity index (χ1) is 14.1. The van der Waals surface area contributed by atoms with Gasteiger partial charge < -0.3 is 10.1 Å². The molecule has 0 spiro atoms. The highest BCUT2D eigenvalue weighted by molar-refractivity contribution is 6.31. The highest BCUT2D eigenvalue weighted by Gasteiger charge is 2.34. The van der Waals surface area contributed by atoms with Crippen LogP contribution in [-0.2, 0) is 11.4 Å². The van der Waals surface area contributed by atoms with Crippen LogP contribution in [-0.4, -0.2) is 11.9 Å². The Morgan fingerprint density at radius 3 is 2.28 bits per heavy atom. The van der Waals surface area contributed by atoms with E-state index in [1.54, 1.807) is 30.3 Å². The molecule has 0 atom stereocenters. The lowest BCUT2D eigenvalue weighted by Gasteiger charge is -2.11. The number of rotatable bonds is 5. The monoisotopic (exact) mass is 404 g/mol. The molecule has 0 aliphatic carbocycles. The lowest BCUT2D eigenvalue weighted by molar-refractivity contribution is -0.113. The van der Waals surface area contributed by atoms with Crippen LogP contribution in [0.2, 0.25) is 5.02 Å². The van der Waals surface area contributed by atoms with Gasteiger partial charge in [-0.15, -0.1) is 0 Å². The van der Waals surface area contributed by atoms with E-state index in [0.29, 0.717) is 17.3 Å². The predicted molar refractivity (Wildman–Crippen MR) is 113 cm³/mol. The van der Waals surface area contributed by atoms with E-state index >= 15 is 0 Å². The number of benzene rings is 3. The highest BCUT2D eigenvalue weighted by Crippen LogP contribution is 2.24. The van der Waals surface area contributed by atoms with Gasteiger partial charge >= 0.3 is 6.03 Å². The number of hydrogen-bond donors (Lipinski definition) is 1. The minimum Gasteiger partial charge on any atom is -0.489 e. The average molecular weight is 405 g/mol. The van der Waals surface area contributed by atoms with Crippen LogP contribution in [0.25, 0.3) is 6.08 Å². The number of imide groups is 1. The summed E-state index contributed by atoms with van der Waals surface area (Å²) in [6, 6.07) is 23.2. The van der Waals surface area contributed by atoms with E-state index in [1.807, 2.05) is 54.6 Å². The van der Waals surface area contributed by atoms with Gasteiger partial charge in [-0.25, -0.2) is 9.69 Å². The minimum absolute atomic E-state index is 0.211. The molecule has 29 heavy (non-hydrogen) atoms. The predicted octanol–water partition coefficient (Wildman–Crippen LogP) is 5.02. The summed E-state index contributed by atoms with van der Waals surface area (Å²) in [6.07, 6.45) is 1.64. The van der Waals surface area contributed by atoms with Gasteiger partial charge in [0.25, 0.3) is 5.91 Å². The maximum atomic E-state index is 12.6. The van der Waals surface area contributed by atoms with Gasteiger partial charge in [-0.1, -0.05) is 54.1 Å². The Balaban J connectivity index is 1.45. The topological polar surface area (TPSA) is 58.6 Å². The zero-order valence-electron chi connectivity index (χ0n) is 15.3. The van der Waals surface area contributed by atoms with Gasteiger partial charge in [0.1, 0.15) is 18.1 Å². The summed E-state index contributed by atoms with van der Waals surface area (Å²) in [4.78, 5) is 26.0. The van der Waals surface area contributed by atoms with Crippen molar-refractivity contribution in [3.63, 3.8) is 0 Å². The number of carbonyl (C=O) groups is 2. The zero-order chi connectivity index (χ0) is 20.2. The number of hydrogen-bond acceptors (Lipinski definition) is 3. The fourth-order valence-corrected chi connectivity index (χ4v) is 3.05. The second kappa shape index (κ2) is 8.20. The Morgan fingerprint density at radius 2 is 1.59 bits per heavy atom. The second-order valence-electron chi connectivity index (χ2n) is 6.45. The Morgan fingerprint density at radius 1 is 0.897 bits per heavy atom. The van der Waals surface area contributed by atoms with E-state index in [1.165, 1.54) is 0 Å². The summed E-state index contributed by atoms with van der Waals surface area (Å²) in [5, 5.41) is 3.14. The molecule has 144 valence electrons. The number of nitrogens with one attached hydrogen (secondary N) is 1. The molecule has 1 aliphatic rings. The number of carbonyl (C=O) groups excluding carboxylic acids is 2. The standard InChI is InChI=1S/C23H17ClN2O3/c24-18-8-10-19(11-9-18)26-22(27)21(25-23(26)28)14-16-6-12-20(13-7-16)29-15-17-4-2-1-3-5-17/h1-14H,15H2,(H,25,28)/b21-14+. The lowest BCUT2D eigenvalue weighted by atomic mass is 10.2. The van der Waals surface area contributed by atoms with Crippen LogP contribution in [0.1, 0.15) is 11.1 Å². The van der Waals surface area contributed by atoms with Crippen LogP contribution in [0.5, 0.6) is 5.75 Å². The Hall–Kier alpha value is -3.57. The molecule has 0 radical (unpaired) electrons. The van der Waals surface area contributed by atoms with Crippen LogP contribution < -0.4 is 15.0 Å². The van der Waals surface area contributed by atoms with Crippen LogP contribution >= 0.6 is 11.6 Å². The van der Waals surface area contributed by atoms with E-state index in [2.05, 4.69) is 5.32 Å². The smallest absolute Gasteiger partial charge is 0.333 e. The van der Waals surface area contributed by atoms with Gasteiger partial charge in [-0.05, 0) is 53.6 Å². The van der Waals surface area contributed by atoms with Gasteiger partial charge in [-0.3, -0.25) is 4.79 Å². The number of ether oxygens (including phenoxy) is 1. The third-order valence-electron chi connectivity index (χ3n) is 4.40. The van der Waals surface area contributed by atoms with Crippen molar-refractivity contribution in [2.24, 2.45) is 0 Å². The van der Waals surface area contributed by atoms with Crippen LogP contribution in [0.3, 0.4) is 0 Å². The molecule has 4 rings (SSSR count). The van der Waals surface area contributed by atoms with Crippen molar-refractivity contribution < 1.29 is 14.3 Å². The van der Waals surface area contributed by atoms with Crippen molar-refractivity contribution in [3.05, 3.63) is 101 Å². The van der Waals surface area contributed by atoms with Gasteiger partial charge in [-0.2, -0.15) is 0 Å². The van der Waals surface area contributed by atoms with Gasteiger partial charge in [0.05, 0.1) is 5.69 Å². The third kappa shape index (κ3) is 4.31. The van der Waals surface area contributed by atoms with Crippen molar-refractivity contribution in [1.82, 2.24) is 5.32 Å². The SMILES string of the molecule is O=C1N/C(=C/c2ccc(OCc3ccccc3)cc2)C(=O)N1c1ccc(Cl)cc1. The molecular formula is C23H17ClN2O3. The molecule has 3 amide bonds. The maximum absolute atomic E-state index is 12.6. The van der Waals surface area contributed by atoms with Crippen molar-refractivity contribution in [2.45, 2.75) is 6.61 Å². The Labute approximate surface area is 173 Å². The van der Waals surface area contributed by atoms with Crippen LogP contribution in [0, 0.1) is 0 Å². The number of halogens is 1.